The van der Waals surface area contributed by atoms with Crippen LogP contribution in [0.15, 0.2) is 18.3 Å². The van der Waals surface area contributed by atoms with Gasteiger partial charge in [-0.2, -0.15) is 5.26 Å². The molecule has 0 aliphatic rings. The van der Waals surface area contributed by atoms with Crippen LogP contribution in [-0.2, 0) is 6.54 Å². The van der Waals surface area contributed by atoms with E-state index in [4.69, 9.17) is 5.26 Å². The van der Waals surface area contributed by atoms with Gasteiger partial charge >= 0.3 is 0 Å². The Labute approximate surface area is 77.6 Å². The van der Waals surface area contributed by atoms with E-state index in [9.17, 15) is 4.39 Å². The molecule has 0 N–H and O–H groups in total. The van der Waals surface area contributed by atoms with Crippen LogP contribution in [0.3, 0.4) is 0 Å². The average Bonchev–Trinajstić information content (AvgIpc) is 2.46. The number of halogens is 1. The molecule has 0 saturated carbocycles. The average molecular weight is 180 g/mol. The lowest BCUT2D eigenvalue weighted by Crippen LogP contribution is -2.15. The van der Waals surface area contributed by atoms with Crippen molar-refractivity contribution < 1.29 is 4.39 Å². The number of aromatic nitrogens is 1. The molecule has 1 heterocycles. The summed E-state index contributed by atoms with van der Waals surface area (Å²) in [6.45, 7) is 3.64. The van der Waals surface area contributed by atoms with Crippen LogP contribution < -0.4 is 0 Å². The summed E-state index contributed by atoms with van der Waals surface area (Å²) in [5.41, 5.74) is -0.582. The first-order chi connectivity index (χ1) is 6.03. The maximum Gasteiger partial charge on any atom is 0.120 e. The lowest BCUT2D eigenvalue weighted by molar-refractivity contribution is 0.192. The van der Waals surface area contributed by atoms with Crippen molar-refractivity contribution in [1.82, 2.24) is 4.57 Å². The minimum atomic E-state index is -1.17. The molecule has 3 heteroatoms. The van der Waals surface area contributed by atoms with Crippen LogP contribution in [0.2, 0.25) is 0 Å². The number of aryl methyl sites for hydroxylation is 1. The number of nitriles is 1. The molecule has 0 aliphatic carbocycles. The molecule has 0 atom stereocenters. The highest BCUT2D eigenvalue weighted by Crippen LogP contribution is 2.15. The van der Waals surface area contributed by atoms with E-state index >= 15 is 0 Å². The lowest BCUT2D eigenvalue weighted by Gasteiger charge is -2.14. The molecule has 1 aromatic heterocycles. The normalized spacial score (nSPS) is 11.2. The first-order valence-electron chi connectivity index (χ1n) is 4.27. The van der Waals surface area contributed by atoms with Gasteiger partial charge in [0, 0.05) is 12.7 Å². The summed E-state index contributed by atoms with van der Waals surface area (Å²) in [6.07, 6.45) is 2.22. The largest absolute Gasteiger partial charge is 0.339 e. The number of alkyl halides is 1. The molecule has 1 rings (SSSR count). The Morgan fingerprint density at radius 1 is 1.62 bits per heavy atom. The molecule has 0 amide bonds. The standard InChI is InChI=1S/C10H13FN2/c1-10(2,11)5-7-13-6-3-4-9(13)8-12/h3-4,6H,5,7H2,1-2H3. The first kappa shape index (κ1) is 9.79. The van der Waals surface area contributed by atoms with Gasteiger partial charge < -0.3 is 4.57 Å². The fraction of sp³-hybridized carbons (Fsp3) is 0.500. The molecule has 2 nitrogen and oxygen atoms in total. The zero-order valence-corrected chi connectivity index (χ0v) is 7.92. The smallest absolute Gasteiger partial charge is 0.120 e. The number of rotatable bonds is 3. The Morgan fingerprint density at radius 3 is 2.85 bits per heavy atom. The molecule has 0 saturated heterocycles. The minimum Gasteiger partial charge on any atom is -0.339 e. The van der Waals surface area contributed by atoms with Crippen molar-refractivity contribution in [3.05, 3.63) is 24.0 Å². The molecular weight excluding hydrogens is 167 g/mol. The van der Waals surface area contributed by atoms with E-state index in [1.54, 1.807) is 36.7 Å². The van der Waals surface area contributed by atoms with Crippen LogP contribution in [0.25, 0.3) is 0 Å². The van der Waals surface area contributed by atoms with Crippen LogP contribution in [0, 0.1) is 11.3 Å². The van der Waals surface area contributed by atoms with Gasteiger partial charge in [-0.15, -0.1) is 0 Å². The zero-order valence-electron chi connectivity index (χ0n) is 7.92. The van der Waals surface area contributed by atoms with E-state index in [0.717, 1.165) is 0 Å². The van der Waals surface area contributed by atoms with Gasteiger partial charge in [0.15, 0.2) is 0 Å². The summed E-state index contributed by atoms with van der Waals surface area (Å²) in [5, 5.41) is 8.67. The topological polar surface area (TPSA) is 28.7 Å². The van der Waals surface area contributed by atoms with Gasteiger partial charge in [-0.3, -0.25) is 0 Å². The second kappa shape index (κ2) is 3.61. The maximum atomic E-state index is 13.1. The van der Waals surface area contributed by atoms with Crippen molar-refractivity contribution in [1.29, 1.82) is 5.26 Å². The highest BCUT2D eigenvalue weighted by molar-refractivity contribution is 5.21. The third-order valence-corrected chi connectivity index (χ3v) is 1.89. The Balaban J connectivity index is 2.61. The third-order valence-electron chi connectivity index (χ3n) is 1.89. The Morgan fingerprint density at radius 2 is 2.31 bits per heavy atom. The van der Waals surface area contributed by atoms with E-state index in [2.05, 4.69) is 6.07 Å². The van der Waals surface area contributed by atoms with Gasteiger partial charge in [0.25, 0.3) is 0 Å². The molecule has 0 spiro atoms. The second-order valence-electron chi connectivity index (χ2n) is 3.67. The Kier molecular flexibility index (Phi) is 2.72. The van der Waals surface area contributed by atoms with Crippen molar-refractivity contribution in [2.24, 2.45) is 0 Å². The molecule has 0 radical (unpaired) electrons. The van der Waals surface area contributed by atoms with Crippen molar-refractivity contribution in [2.45, 2.75) is 32.5 Å². The summed E-state index contributed by atoms with van der Waals surface area (Å²) in [4.78, 5) is 0. The fourth-order valence-electron chi connectivity index (χ4n) is 1.10. The second-order valence-corrected chi connectivity index (χ2v) is 3.67. The molecule has 13 heavy (non-hydrogen) atoms. The summed E-state index contributed by atoms with van der Waals surface area (Å²) < 4.78 is 14.9. The maximum absolute atomic E-state index is 13.1. The fourth-order valence-corrected chi connectivity index (χ4v) is 1.10. The monoisotopic (exact) mass is 180 g/mol. The zero-order chi connectivity index (χ0) is 9.90. The van der Waals surface area contributed by atoms with Gasteiger partial charge in [-0.05, 0) is 32.4 Å². The molecular formula is C10H13FN2. The van der Waals surface area contributed by atoms with Crippen LogP contribution in [0.4, 0.5) is 4.39 Å². The molecule has 0 aliphatic heterocycles. The number of hydrogen-bond acceptors (Lipinski definition) is 1. The van der Waals surface area contributed by atoms with Gasteiger partial charge in [0.05, 0.1) is 0 Å². The predicted molar refractivity (Wildman–Crippen MR) is 49.0 cm³/mol. The van der Waals surface area contributed by atoms with Gasteiger partial charge in [-0.25, -0.2) is 4.39 Å². The minimum absolute atomic E-state index is 0.427. The van der Waals surface area contributed by atoms with E-state index in [1.165, 1.54) is 0 Å². The molecule has 70 valence electrons. The third kappa shape index (κ3) is 2.90. The van der Waals surface area contributed by atoms with Crippen LogP contribution >= 0.6 is 0 Å². The van der Waals surface area contributed by atoms with Crippen LogP contribution in [0.1, 0.15) is 26.0 Å². The van der Waals surface area contributed by atoms with Gasteiger partial charge in [-0.1, -0.05) is 0 Å². The predicted octanol–water partition coefficient (Wildman–Crippen LogP) is 2.50. The summed E-state index contributed by atoms with van der Waals surface area (Å²) >= 11 is 0. The van der Waals surface area contributed by atoms with E-state index < -0.39 is 5.67 Å². The van der Waals surface area contributed by atoms with Crippen molar-refractivity contribution >= 4 is 0 Å². The van der Waals surface area contributed by atoms with Crippen LogP contribution in [0.5, 0.6) is 0 Å². The highest BCUT2D eigenvalue weighted by atomic mass is 19.1. The Hall–Kier alpha value is -1.30. The number of nitrogens with zero attached hydrogens (tertiary/aromatic N) is 2. The highest BCUT2D eigenvalue weighted by Gasteiger charge is 2.15. The molecule has 0 aromatic carbocycles. The van der Waals surface area contributed by atoms with E-state index in [0.29, 0.717) is 18.7 Å². The molecule has 0 bridgehead atoms. The summed E-state index contributed by atoms with van der Waals surface area (Å²) in [6, 6.07) is 5.58. The van der Waals surface area contributed by atoms with E-state index in [-0.39, 0.29) is 0 Å². The Bertz CT molecular complexity index is 314. The molecule has 0 unspecified atom stereocenters. The number of hydrogen-bond donors (Lipinski definition) is 0. The summed E-state index contributed by atoms with van der Waals surface area (Å²) in [7, 11) is 0. The van der Waals surface area contributed by atoms with Gasteiger partial charge in [0.1, 0.15) is 17.4 Å². The van der Waals surface area contributed by atoms with Crippen LogP contribution in [-0.4, -0.2) is 10.2 Å². The SMILES string of the molecule is CC(C)(F)CCn1cccc1C#N. The lowest BCUT2D eigenvalue weighted by atomic mass is 10.1. The van der Waals surface area contributed by atoms with Crippen molar-refractivity contribution in [3.8, 4) is 6.07 Å². The van der Waals surface area contributed by atoms with Gasteiger partial charge in [0.2, 0.25) is 0 Å². The van der Waals surface area contributed by atoms with Crippen molar-refractivity contribution in [3.63, 3.8) is 0 Å². The first-order valence-corrected chi connectivity index (χ1v) is 4.27. The molecule has 0 fully saturated rings. The molecule has 1 aromatic rings. The van der Waals surface area contributed by atoms with E-state index in [1.807, 2.05) is 0 Å². The van der Waals surface area contributed by atoms with Crippen molar-refractivity contribution in [2.75, 3.05) is 0 Å². The summed E-state index contributed by atoms with van der Waals surface area (Å²) in [5.74, 6) is 0. The quantitative estimate of drug-likeness (QED) is 0.702.